The molecule has 1 aliphatic heterocycles. The van der Waals surface area contributed by atoms with E-state index in [-0.39, 0.29) is 24.4 Å². The van der Waals surface area contributed by atoms with Crippen molar-refractivity contribution in [1.29, 1.82) is 0 Å². The number of hydrogen-bond acceptors (Lipinski definition) is 7. The molecule has 174 valence electrons. The molecule has 0 radical (unpaired) electrons. The van der Waals surface area contributed by atoms with Crippen LogP contribution in [0, 0.1) is 26.7 Å². The minimum atomic E-state index is -0.309. The smallest absolute Gasteiger partial charge is 0.309 e. The van der Waals surface area contributed by atoms with Gasteiger partial charge in [0.15, 0.2) is 6.61 Å². The van der Waals surface area contributed by atoms with Crippen molar-refractivity contribution in [3.63, 3.8) is 0 Å². The third-order valence-corrected chi connectivity index (χ3v) is 7.54. The van der Waals surface area contributed by atoms with E-state index in [1.807, 2.05) is 32.0 Å². The summed E-state index contributed by atoms with van der Waals surface area (Å²) < 4.78 is 5.37. The molecule has 3 aromatic rings. The number of aryl methyl sites for hydroxylation is 4. The highest BCUT2D eigenvalue weighted by Crippen LogP contribution is 2.35. The topological polar surface area (TPSA) is 84.4 Å². The Kier molecular flexibility index (Phi) is 6.93. The Hall–Kier alpha value is -3.00. The summed E-state index contributed by atoms with van der Waals surface area (Å²) >= 11 is 1.69. The maximum Gasteiger partial charge on any atom is 0.309 e. The average Bonchev–Trinajstić information content (AvgIpc) is 3.12. The van der Waals surface area contributed by atoms with E-state index in [9.17, 15) is 9.59 Å². The van der Waals surface area contributed by atoms with Crippen LogP contribution in [0.1, 0.15) is 41.3 Å². The third-order valence-electron chi connectivity index (χ3n) is 6.42. The highest BCUT2D eigenvalue weighted by atomic mass is 32.1. The zero-order valence-electron chi connectivity index (χ0n) is 19.6. The molecular weight excluding hydrogens is 436 g/mol. The normalized spacial score (nSPS) is 14.5. The molecule has 1 saturated heterocycles. The molecule has 0 aliphatic carbocycles. The van der Waals surface area contributed by atoms with E-state index in [0.29, 0.717) is 12.8 Å². The highest BCUT2D eigenvalue weighted by molar-refractivity contribution is 7.18. The van der Waals surface area contributed by atoms with Gasteiger partial charge in [-0.05, 0) is 56.7 Å². The van der Waals surface area contributed by atoms with Gasteiger partial charge < -0.3 is 15.0 Å². The minimum Gasteiger partial charge on any atom is -0.455 e. The first-order valence-electron chi connectivity index (χ1n) is 11.4. The van der Waals surface area contributed by atoms with Gasteiger partial charge in [-0.1, -0.05) is 25.1 Å². The van der Waals surface area contributed by atoms with Crippen LogP contribution in [-0.4, -0.2) is 41.5 Å². The zero-order valence-corrected chi connectivity index (χ0v) is 20.4. The fourth-order valence-electron chi connectivity index (χ4n) is 4.36. The van der Waals surface area contributed by atoms with Crippen LogP contribution in [0.3, 0.4) is 0 Å². The first kappa shape index (κ1) is 23.2. The number of ether oxygens (including phenoxy) is 1. The number of nitrogens with zero attached hydrogens (tertiary/aromatic N) is 3. The lowest BCUT2D eigenvalue weighted by molar-refractivity contribution is -0.152. The predicted octanol–water partition coefficient (Wildman–Crippen LogP) is 4.58. The summed E-state index contributed by atoms with van der Waals surface area (Å²) in [5.74, 6) is 0.122. The summed E-state index contributed by atoms with van der Waals surface area (Å²) in [6.07, 6.45) is 3.78. The van der Waals surface area contributed by atoms with Gasteiger partial charge in [0.2, 0.25) is 0 Å². The maximum absolute atomic E-state index is 12.6. The van der Waals surface area contributed by atoms with E-state index in [0.717, 1.165) is 52.4 Å². The molecule has 0 atom stereocenters. The number of hydrogen-bond donors (Lipinski definition) is 1. The number of esters is 1. The first-order valence-corrected chi connectivity index (χ1v) is 12.2. The molecule has 0 spiro atoms. The molecule has 0 bridgehead atoms. The number of piperidine rings is 1. The van der Waals surface area contributed by atoms with Crippen molar-refractivity contribution in [3.8, 4) is 0 Å². The van der Waals surface area contributed by atoms with Crippen LogP contribution in [0.4, 0.5) is 11.5 Å². The van der Waals surface area contributed by atoms with Crippen LogP contribution in [-0.2, 0) is 20.7 Å². The van der Waals surface area contributed by atoms with Crippen molar-refractivity contribution in [2.45, 2.75) is 47.0 Å². The molecular formula is C25H30N4O3S. The molecule has 7 nitrogen and oxygen atoms in total. The van der Waals surface area contributed by atoms with Crippen LogP contribution in [0.25, 0.3) is 10.2 Å². The molecule has 1 aromatic carbocycles. The van der Waals surface area contributed by atoms with Crippen molar-refractivity contribution >= 4 is 44.9 Å². The van der Waals surface area contributed by atoms with Crippen LogP contribution >= 0.6 is 11.3 Å². The quantitative estimate of drug-likeness (QED) is 0.536. The molecule has 1 amide bonds. The van der Waals surface area contributed by atoms with E-state index in [2.05, 4.69) is 34.0 Å². The Morgan fingerprint density at radius 3 is 2.67 bits per heavy atom. The van der Waals surface area contributed by atoms with Gasteiger partial charge in [0.05, 0.1) is 11.3 Å². The Morgan fingerprint density at radius 2 is 1.94 bits per heavy atom. The first-order chi connectivity index (χ1) is 15.9. The summed E-state index contributed by atoms with van der Waals surface area (Å²) in [5.41, 5.74) is 4.09. The molecule has 33 heavy (non-hydrogen) atoms. The second kappa shape index (κ2) is 9.87. The number of fused-ring (bicyclic) bond motifs is 1. The molecule has 8 heteroatoms. The van der Waals surface area contributed by atoms with Crippen LogP contribution < -0.4 is 10.2 Å². The molecule has 3 heterocycles. The summed E-state index contributed by atoms with van der Waals surface area (Å²) in [6, 6.07) is 5.93. The predicted molar refractivity (Wildman–Crippen MR) is 132 cm³/mol. The molecule has 0 saturated carbocycles. The lowest BCUT2D eigenvalue weighted by Gasteiger charge is -2.32. The van der Waals surface area contributed by atoms with Crippen molar-refractivity contribution < 1.29 is 14.3 Å². The van der Waals surface area contributed by atoms with E-state index >= 15 is 0 Å². The van der Waals surface area contributed by atoms with Gasteiger partial charge in [-0.15, -0.1) is 11.3 Å². The second-order valence-corrected chi connectivity index (χ2v) is 9.74. The third kappa shape index (κ3) is 4.85. The van der Waals surface area contributed by atoms with Crippen molar-refractivity contribution in [1.82, 2.24) is 9.97 Å². The van der Waals surface area contributed by atoms with Crippen LogP contribution in [0.5, 0.6) is 0 Å². The molecule has 2 aromatic heterocycles. The number of nitrogens with one attached hydrogen (secondary N) is 1. The lowest BCUT2D eigenvalue weighted by Crippen LogP contribution is -2.38. The van der Waals surface area contributed by atoms with Gasteiger partial charge in [0.1, 0.15) is 17.0 Å². The Bertz CT molecular complexity index is 1180. The average molecular weight is 467 g/mol. The van der Waals surface area contributed by atoms with Gasteiger partial charge >= 0.3 is 5.97 Å². The molecule has 1 aliphatic rings. The molecule has 0 unspecified atom stereocenters. The number of anilines is 2. The standard InChI is InChI=1S/C25H30N4O3S/c1-5-18-8-6-7-15(2)22(18)28-20(30)13-32-25(31)19-9-11-29(12-10-19)23-21-16(3)17(4)33-24(21)27-14-26-23/h6-8,14,19H,5,9-13H2,1-4H3,(H,28,30). The van der Waals surface area contributed by atoms with Crippen molar-refractivity contribution in [3.05, 3.63) is 46.1 Å². The summed E-state index contributed by atoms with van der Waals surface area (Å²) in [4.78, 5) is 38.5. The van der Waals surface area contributed by atoms with Crippen LogP contribution in [0.2, 0.25) is 0 Å². The highest BCUT2D eigenvalue weighted by Gasteiger charge is 2.28. The number of carbonyl (C=O) groups is 2. The number of benzene rings is 1. The number of para-hydroxylation sites is 1. The van der Waals surface area contributed by atoms with Gasteiger partial charge in [0, 0.05) is 23.7 Å². The Labute approximate surface area is 198 Å². The van der Waals surface area contributed by atoms with Gasteiger partial charge in [-0.25, -0.2) is 9.97 Å². The molecule has 1 fully saturated rings. The Morgan fingerprint density at radius 1 is 1.18 bits per heavy atom. The monoisotopic (exact) mass is 466 g/mol. The van der Waals surface area contributed by atoms with Crippen molar-refractivity contribution in [2.24, 2.45) is 5.92 Å². The number of thiophene rings is 1. The van der Waals surface area contributed by atoms with E-state index in [1.165, 1.54) is 10.4 Å². The maximum atomic E-state index is 12.6. The van der Waals surface area contributed by atoms with Gasteiger partial charge in [-0.2, -0.15) is 0 Å². The fourth-order valence-corrected chi connectivity index (χ4v) is 5.35. The summed E-state index contributed by atoms with van der Waals surface area (Å²) in [6.45, 7) is 9.38. The van der Waals surface area contributed by atoms with Gasteiger partial charge in [0.25, 0.3) is 5.91 Å². The lowest BCUT2D eigenvalue weighted by atomic mass is 9.97. The zero-order chi connectivity index (χ0) is 23.5. The number of rotatable bonds is 6. The van der Waals surface area contributed by atoms with Gasteiger partial charge in [-0.3, -0.25) is 9.59 Å². The van der Waals surface area contributed by atoms with Crippen molar-refractivity contribution in [2.75, 3.05) is 29.9 Å². The molecule has 1 N–H and O–H groups in total. The minimum absolute atomic E-state index is 0.207. The van der Waals surface area contributed by atoms with Crippen LogP contribution in [0.15, 0.2) is 24.5 Å². The largest absolute Gasteiger partial charge is 0.455 e. The SMILES string of the molecule is CCc1cccc(C)c1NC(=O)COC(=O)C1CCN(c2ncnc3sc(C)c(C)c23)CC1. The summed E-state index contributed by atoms with van der Waals surface area (Å²) in [5, 5.41) is 4.01. The molecule has 4 rings (SSSR count). The summed E-state index contributed by atoms with van der Waals surface area (Å²) in [7, 11) is 0. The number of carbonyl (C=O) groups excluding carboxylic acids is 2. The van der Waals surface area contributed by atoms with E-state index < -0.39 is 0 Å². The Balaban J connectivity index is 1.32. The number of amides is 1. The number of aromatic nitrogens is 2. The van der Waals surface area contributed by atoms with E-state index in [1.54, 1.807) is 17.7 Å². The second-order valence-electron chi connectivity index (χ2n) is 8.54. The van der Waals surface area contributed by atoms with E-state index in [4.69, 9.17) is 4.74 Å². The fraction of sp³-hybridized carbons (Fsp3) is 0.440.